The smallest absolute Gasteiger partial charge is 0.404 e. The van der Waals surface area contributed by atoms with Crippen molar-refractivity contribution < 1.29 is 53.8 Å². The van der Waals surface area contributed by atoms with Crippen LogP contribution in [0.4, 0.5) is 4.79 Å². The highest BCUT2D eigenvalue weighted by Crippen LogP contribution is 2.48. The molecule has 0 aromatic carbocycles. The summed E-state index contributed by atoms with van der Waals surface area (Å²) in [6.45, 7) is -1.78. The number of carbonyl (C=O) groups is 1. The number of carbonyl (C=O) groups excluding carboxylic acids is 1. The molecule has 16 nitrogen and oxygen atoms in total. The topological polar surface area (TPSA) is 264 Å². The van der Waals surface area contributed by atoms with Gasteiger partial charge in [-0.05, 0) is 0 Å². The maximum Gasteiger partial charge on any atom is 0.404 e. The van der Waals surface area contributed by atoms with Crippen molar-refractivity contribution in [1.82, 2.24) is 9.55 Å². The number of aliphatic hydroxyl groups is 5. The molecule has 31 heavy (non-hydrogen) atoms. The zero-order valence-electron chi connectivity index (χ0n) is 15.6. The summed E-state index contributed by atoms with van der Waals surface area (Å²) in [7, 11) is -5.06. The summed E-state index contributed by atoms with van der Waals surface area (Å²) >= 11 is 0. The molecule has 1 fully saturated rings. The van der Waals surface area contributed by atoms with Crippen molar-refractivity contribution in [2.75, 3.05) is 13.2 Å². The Morgan fingerprint density at radius 2 is 1.94 bits per heavy atom. The summed E-state index contributed by atoms with van der Waals surface area (Å²) in [6.07, 6.45) is -10.9. The van der Waals surface area contributed by atoms with Gasteiger partial charge in [-0.1, -0.05) is 0 Å². The minimum atomic E-state index is -5.06. The van der Waals surface area contributed by atoms with Crippen LogP contribution in [0.25, 0.3) is 0 Å². The number of aromatic nitrogens is 2. The number of primary amides is 1. The highest BCUT2D eigenvalue weighted by Gasteiger charge is 2.47. The molecule has 176 valence electrons. The third-order valence-corrected chi connectivity index (χ3v) is 5.81. The van der Waals surface area contributed by atoms with E-state index >= 15 is 0 Å². The van der Waals surface area contributed by atoms with E-state index in [1.807, 2.05) is 4.98 Å². The Morgan fingerprint density at radius 3 is 2.52 bits per heavy atom. The Morgan fingerprint density at radius 1 is 1.29 bits per heavy atom. The van der Waals surface area contributed by atoms with Gasteiger partial charge in [-0.2, -0.15) is 0 Å². The molecule has 1 aliphatic rings. The van der Waals surface area contributed by atoms with Crippen molar-refractivity contribution in [3.63, 3.8) is 0 Å². The average Bonchev–Trinajstić information content (AvgIpc) is 2.97. The lowest BCUT2D eigenvalue weighted by molar-refractivity contribution is -0.0678. The fourth-order valence-corrected chi connectivity index (χ4v) is 3.74. The van der Waals surface area contributed by atoms with Gasteiger partial charge in [-0.25, -0.2) is 9.59 Å². The SMILES string of the molecule is NC(=O)OC[C@H](O)[C@@H](O)[C@@H](O)P(=O)(O)OC[C@H]1O[C@@H](n2ccc(=O)[nH]c2=O)[C@H](O)[C@@H]1O. The molecule has 0 bridgehead atoms. The highest BCUT2D eigenvalue weighted by atomic mass is 31.2. The maximum atomic E-state index is 12.2. The van der Waals surface area contributed by atoms with E-state index in [2.05, 4.69) is 15.0 Å². The lowest BCUT2D eigenvalue weighted by atomic mass is 10.1. The number of aromatic amines is 1. The molecule has 8 atom stereocenters. The van der Waals surface area contributed by atoms with Crippen LogP contribution in [0, 0.1) is 0 Å². The summed E-state index contributed by atoms with van der Waals surface area (Å²) in [4.78, 5) is 45.2. The highest BCUT2D eigenvalue weighted by molar-refractivity contribution is 7.53. The Hall–Kier alpha value is -2.14. The fourth-order valence-electron chi connectivity index (χ4n) is 2.64. The molecular weight excluding hydrogens is 449 g/mol. The Balaban J connectivity index is 2.02. The van der Waals surface area contributed by atoms with E-state index in [0.717, 1.165) is 16.8 Å². The number of nitrogens with zero attached hydrogens (tertiary/aromatic N) is 1. The van der Waals surface area contributed by atoms with Crippen LogP contribution in [-0.2, 0) is 18.6 Å². The number of H-pyrrole nitrogens is 1. The first-order chi connectivity index (χ1) is 14.3. The molecule has 1 aromatic heterocycles. The predicted molar refractivity (Wildman–Crippen MR) is 96.6 cm³/mol. The minimum Gasteiger partial charge on any atom is -0.447 e. The summed E-state index contributed by atoms with van der Waals surface area (Å²) in [5, 5.41) is 49.3. The van der Waals surface area contributed by atoms with Crippen molar-refractivity contribution in [1.29, 1.82) is 0 Å². The van der Waals surface area contributed by atoms with Crippen molar-refractivity contribution in [2.24, 2.45) is 5.73 Å². The predicted octanol–water partition coefficient (Wildman–Crippen LogP) is -4.51. The quantitative estimate of drug-likeness (QED) is 0.158. The zero-order valence-corrected chi connectivity index (χ0v) is 16.5. The van der Waals surface area contributed by atoms with Crippen molar-refractivity contribution in [3.05, 3.63) is 33.1 Å². The molecular formula is C14H22N3O13P. The normalized spacial score (nSPS) is 28.5. The second-order valence-electron chi connectivity index (χ2n) is 6.53. The number of hydrogen-bond acceptors (Lipinski definition) is 12. The minimum absolute atomic E-state index is 0.716. The first-order valence-corrected chi connectivity index (χ1v) is 10.3. The van der Waals surface area contributed by atoms with Gasteiger partial charge in [0, 0.05) is 12.3 Å². The summed E-state index contributed by atoms with van der Waals surface area (Å²) in [5.74, 6) is -2.56. The van der Waals surface area contributed by atoms with Gasteiger partial charge >= 0.3 is 19.4 Å². The third kappa shape index (κ3) is 5.97. The molecule has 1 saturated heterocycles. The van der Waals surface area contributed by atoms with Crippen LogP contribution in [0.3, 0.4) is 0 Å². The van der Waals surface area contributed by atoms with Gasteiger partial charge in [-0.3, -0.25) is 18.9 Å². The molecule has 0 saturated carbocycles. The molecule has 1 amide bonds. The van der Waals surface area contributed by atoms with Crippen molar-refractivity contribution in [2.45, 2.75) is 42.6 Å². The van der Waals surface area contributed by atoms with Crippen molar-refractivity contribution >= 4 is 13.7 Å². The van der Waals surface area contributed by atoms with Crippen LogP contribution in [-0.4, -0.2) is 95.6 Å². The maximum absolute atomic E-state index is 12.2. The molecule has 0 radical (unpaired) electrons. The van der Waals surface area contributed by atoms with E-state index < -0.39 is 80.7 Å². The number of amides is 1. The van der Waals surface area contributed by atoms with E-state index in [1.54, 1.807) is 0 Å². The number of nitrogens with two attached hydrogens (primary N) is 1. The van der Waals surface area contributed by atoms with Crippen LogP contribution < -0.4 is 17.0 Å². The number of rotatable bonds is 9. The Labute approximate surface area is 172 Å². The van der Waals surface area contributed by atoms with E-state index in [9.17, 15) is 49.4 Å². The summed E-state index contributed by atoms with van der Waals surface area (Å²) < 4.78 is 27.0. The summed E-state index contributed by atoms with van der Waals surface area (Å²) in [5.41, 5.74) is 3.00. The second-order valence-corrected chi connectivity index (χ2v) is 8.44. The monoisotopic (exact) mass is 471 g/mol. The zero-order chi connectivity index (χ0) is 23.5. The Bertz CT molecular complexity index is 935. The van der Waals surface area contributed by atoms with Gasteiger partial charge in [0.25, 0.3) is 5.56 Å². The van der Waals surface area contributed by atoms with Crippen LogP contribution in [0.15, 0.2) is 21.9 Å². The van der Waals surface area contributed by atoms with E-state index in [-0.39, 0.29) is 0 Å². The lowest BCUT2D eigenvalue weighted by Gasteiger charge is -2.26. The standard InChI is InChI=1S/C14H22N3O13P/c15-13(24)28-3-5(18)8(20)12(23)31(26,27)29-4-6-9(21)10(22)11(30-6)17-2-1-7(19)16-14(17)25/h1-2,5-6,8-12,18,20-23H,3-4H2,(H2,15,24)(H,26,27)(H,16,19,25)/t5-,6+,8+,9+,10+,11+,12-/m0/s1. The van der Waals surface area contributed by atoms with Gasteiger partial charge < -0.3 is 50.2 Å². The van der Waals surface area contributed by atoms with Gasteiger partial charge in [0.2, 0.25) is 0 Å². The number of ether oxygens (including phenoxy) is 2. The molecule has 0 spiro atoms. The van der Waals surface area contributed by atoms with E-state index in [1.165, 1.54) is 0 Å². The second kappa shape index (κ2) is 9.99. The Kier molecular flexibility index (Phi) is 8.09. The van der Waals surface area contributed by atoms with Gasteiger partial charge in [0.1, 0.15) is 37.1 Å². The molecule has 2 rings (SSSR count). The molecule has 1 unspecified atom stereocenters. The van der Waals surface area contributed by atoms with Crippen LogP contribution in [0.1, 0.15) is 6.23 Å². The molecule has 0 aliphatic carbocycles. The number of aliphatic hydroxyl groups excluding tert-OH is 5. The van der Waals surface area contributed by atoms with Crippen molar-refractivity contribution in [3.8, 4) is 0 Å². The summed E-state index contributed by atoms with van der Waals surface area (Å²) in [6, 6.07) is 0.959. The number of nitrogens with one attached hydrogen (secondary N) is 1. The third-order valence-electron chi connectivity index (χ3n) is 4.32. The van der Waals surface area contributed by atoms with E-state index in [4.69, 9.17) is 4.74 Å². The average molecular weight is 471 g/mol. The molecule has 2 heterocycles. The molecule has 17 heteroatoms. The van der Waals surface area contributed by atoms with Crippen LogP contribution >= 0.6 is 7.60 Å². The molecule has 1 aromatic rings. The van der Waals surface area contributed by atoms with E-state index in [0.29, 0.717) is 0 Å². The van der Waals surface area contributed by atoms with Gasteiger partial charge in [0.15, 0.2) is 12.1 Å². The fraction of sp³-hybridized carbons (Fsp3) is 0.643. The molecule has 9 N–H and O–H groups in total. The lowest BCUT2D eigenvalue weighted by Crippen LogP contribution is -2.41. The van der Waals surface area contributed by atoms with Crippen LogP contribution in [0.5, 0.6) is 0 Å². The first kappa shape index (κ1) is 25.1. The van der Waals surface area contributed by atoms with Gasteiger partial charge in [-0.15, -0.1) is 0 Å². The first-order valence-electron chi connectivity index (χ1n) is 8.61. The largest absolute Gasteiger partial charge is 0.447 e. The van der Waals surface area contributed by atoms with Gasteiger partial charge in [0.05, 0.1) is 6.61 Å². The van der Waals surface area contributed by atoms with Crippen LogP contribution in [0.2, 0.25) is 0 Å². The number of hydrogen-bond donors (Lipinski definition) is 8. The molecule has 1 aliphatic heterocycles.